The molecule has 3 amide bonds. The van der Waals surface area contributed by atoms with Crippen molar-refractivity contribution in [1.29, 1.82) is 0 Å². The smallest absolute Gasteiger partial charge is 0.319 e. The van der Waals surface area contributed by atoms with E-state index in [1.807, 2.05) is 18.2 Å². The maximum atomic E-state index is 12.6. The molecule has 1 heterocycles. The number of fused-ring (bicyclic) bond motifs is 1. The SMILES string of the molecule is O=C1Cc2cc(NC(=O)NC34CC5CC(CC(C5)C3)C4)ccc2N1. The Morgan fingerprint density at radius 2 is 1.75 bits per heavy atom. The second-order valence-corrected chi connectivity index (χ2v) is 8.37. The minimum atomic E-state index is -0.103. The number of hydrogen-bond donors (Lipinski definition) is 3. The molecular weight excluding hydrogens is 302 g/mol. The Morgan fingerprint density at radius 3 is 2.42 bits per heavy atom. The van der Waals surface area contributed by atoms with Crippen molar-refractivity contribution in [3.05, 3.63) is 23.8 Å². The van der Waals surface area contributed by atoms with E-state index >= 15 is 0 Å². The van der Waals surface area contributed by atoms with Crippen molar-refractivity contribution in [2.24, 2.45) is 17.8 Å². The van der Waals surface area contributed by atoms with Crippen LogP contribution in [0.15, 0.2) is 18.2 Å². The molecule has 5 nitrogen and oxygen atoms in total. The number of urea groups is 1. The summed E-state index contributed by atoms with van der Waals surface area (Å²) in [6, 6.07) is 5.51. The van der Waals surface area contributed by atoms with Crippen molar-refractivity contribution >= 4 is 23.3 Å². The molecule has 126 valence electrons. The van der Waals surface area contributed by atoms with Crippen LogP contribution in [0, 0.1) is 17.8 Å². The summed E-state index contributed by atoms with van der Waals surface area (Å²) >= 11 is 0. The first-order valence-corrected chi connectivity index (χ1v) is 9.09. The van der Waals surface area contributed by atoms with Crippen molar-refractivity contribution in [2.75, 3.05) is 10.6 Å². The van der Waals surface area contributed by atoms with Crippen LogP contribution in [-0.2, 0) is 11.2 Å². The highest BCUT2D eigenvalue weighted by atomic mass is 16.2. The Kier molecular flexibility index (Phi) is 2.97. The van der Waals surface area contributed by atoms with E-state index in [2.05, 4.69) is 16.0 Å². The quantitative estimate of drug-likeness (QED) is 0.781. The molecule has 0 radical (unpaired) electrons. The zero-order valence-electron chi connectivity index (χ0n) is 13.7. The van der Waals surface area contributed by atoms with Crippen molar-refractivity contribution in [3.63, 3.8) is 0 Å². The minimum Gasteiger partial charge on any atom is -0.332 e. The lowest BCUT2D eigenvalue weighted by molar-refractivity contribution is -0.115. The number of rotatable bonds is 2. The molecule has 4 fully saturated rings. The summed E-state index contributed by atoms with van der Waals surface area (Å²) in [6.45, 7) is 0. The third kappa shape index (κ3) is 2.38. The average Bonchev–Trinajstić information content (AvgIpc) is 2.84. The molecule has 4 bridgehead atoms. The summed E-state index contributed by atoms with van der Waals surface area (Å²) in [4.78, 5) is 24.0. The van der Waals surface area contributed by atoms with Gasteiger partial charge in [-0.25, -0.2) is 4.79 Å². The van der Waals surface area contributed by atoms with E-state index in [0.29, 0.717) is 6.42 Å². The van der Waals surface area contributed by atoms with Crippen LogP contribution >= 0.6 is 0 Å². The van der Waals surface area contributed by atoms with Crippen LogP contribution in [0.3, 0.4) is 0 Å². The van der Waals surface area contributed by atoms with E-state index in [4.69, 9.17) is 0 Å². The van der Waals surface area contributed by atoms with Crippen LogP contribution in [0.5, 0.6) is 0 Å². The number of carbonyl (C=O) groups excluding carboxylic acids is 2. The van der Waals surface area contributed by atoms with E-state index in [9.17, 15) is 9.59 Å². The van der Waals surface area contributed by atoms with Gasteiger partial charge in [-0.2, -0.15) is 0 Å². The second kappa shape index (κ2) is 4.98. The Bertz CT molecular complexity index is 692. The zero-order valence-corrected chi connectivity index (χ0v) is 13.7. The normalized spacial score (nSPS) is 35.5. The first-order valence-electron chi connectivity index (χ1n) is 9.09. The Morgan fingerprint density at radius 1 is 1.08 bits per heavy atom. The van der Waals surface area contributed by atoms with Crippen LogP contribution in [-0.4, -0.2) is 17.5 Å². The topological polar surface area (TPSA) is 70.2 Å². The van der Waals surface area contributed by atoms with Crippen LogP contribution in [0.2, 0.25) is 0 Å². The van der Waals surface area contributed by atoms with E-state index in [1.54, 1.807) is 0 Å². The molecule has 4 aliphatic carbocycles. The van der Waals surface area contributed by atoms with Gasteiger partial charge in [-0.3, -0.25) is 4.79 Å². The third-order valence-corrected chi connectivity index (χ3v) is 6.41. The molecule has 5 heteroatoms. The van der Waals surface area contributed by atoms with E-state index < -0.39 is 0 Å². The van der Waals surface area contributed by atoms with Crippen LogP contribution in [0.25, 0.3) is 0 Å². The van der Waals surface area contributed by atoms with Gasteiger partial charge >= 0.3 is 6.03 Å². The van der Waals surface area contributed by atoms with Gasteiger partial charge in [0.05, 0.1) is 6.42 Å². The molecule has 5 aliphatic rings. The molecule has 0 unspecified atom stereocenters. The fraction of sp³-hybridized carbons (Fsp3) is 0.579. The third-order valence-electron chi connectivity index (χ3n) is 6.41. The molecule has 1 aromatic rings. The molecule has 0 aromatic heterocycles. The molecule has 3 N–H and O–H groups in total. The lowest BCUT2D eigenvalue weighted by Gasteiger charge is -2.56. The van der Waals surface area contributed by atoms with Gasteiger partial charge < -0.3 is 16.0 Å². The summed E-state index contributed by atoms with van der Waals surface area (Å²) in [6.07, 6.45) is 7.94. The molecular formula is C19H23N3O2. The van der Waals surface area contributed by atoms with Gasteiger partial charge in [0.1, 0.15) is 0 Å². The molecule has 0 saturated heterocycles. The highest BCUT2D eigenvalue weighted by molar-refractivity contribution is 6.00. The number of anilines is 2. The van der Waals surface area contributed by atoms with Gasteiger partial charge in [-0.05, 0) is 80.0 Å². The van der Waals surface area contributed by atoms with E-state index in [-0.39, 0.29) is 17.5 Å². The van der Waals surface area contributed by atoms with Gasteiger partial charge in [-0.15, -0.1) is 0 Å². The lowest BCUT2D eigenvalue weighted by atomic mass is 9.53. The van der Waals surface area contributed by atoms with Crippen molar-refractivity contribution in [1.82, 2.24) is 5.32 Å². The molecule has 6 rings (SSSR count). The predicted octanol–water partition coefficient (Wildman–Crippen LogP) is 3.27. The summed E-state index contributed by atoms with van der Waals surface area (Å²) in [5.74, 6) is 2.45. The van der Waals surface area contributed by atoms with E-state index in [0.717, 1.165) is 54.0 Å². The lowest BCUT2D eigenvalue weighted by Crippen LogP contribution is -2.60. The van der Waals surface area contributed by atoms with Crippen molar-refractivity contribution in [3.8, 4) is 0 Å². The second-order valence-electron chi connectivity index (χ2n) is 8.37. The number of carbonyl (C=O) groups is 2. The monoisotopic (exact) mass is 325 g/mol. The summed E-state index contributed by atoms with van der Waals surface area (Å²) in [7, 11) is 0. The standard InChI is InChI=1S/C19H23N3O2/c23-17-7-14-6-15(1-2-16(14)21-17)20-18(24)22-19-8-11-3-12(9-19)5-13(4-11)10-19/h1-2,6,11-13H,3-5,7-10H2,(H,21,23)(H2,20,22,24). The van der Waals surface area contributed by atoms with Crippen molar-refractivity contribution < 1.29 is 9.59 Å². The summed E-state index contributed by atoms with van der Waals surface area (Å²) < 4.78 is 0. The fourth-order valence-corrected chi connectivity index (χ4v) is 5.97. The van der Waals surface area contributed by atoms with Crippen LogP contribution in [0.1, 0.15) is 44.1 Å². The fourth-order valence-electron chi connectivity index (χ4n) is 5.97. The van der Waals surface area contributed by atoms with Crippen molar-refractivity contribution in [2.45, 2.75) is 50.5 Å². The Balaban J connectivity index is 1.28. The van der Waals surface area contributed by atoms with E-state index in [1.165, 1.54) is 19.3 Å². The van der Waals surface area contributed by atoms with Gasteiger partial charge in [-0.1, -0.05) is 0 Å². The molecule has 0 atom stereocenters. The first kappa shape index (κ1) is 14.3. The molecule has 0 spiro atoms. The zero-order chi connectivity index (χ0) is 16.3. The highest BCUT2D eigenvalue weighted by Gasteiger charge is 2.51. The number of amides is 3. The molecule has 1 aliphatic heterocycles. The number of benzene rings is 1. The van der Waals surface area contributed by atoms with Gasteiger partial charge in [0.2, 0.25) is 5.91 Å². The molecule has 24 heavy (non-hydrogen) atoms. The van der Waals surface area contributed by atoms with Gasteiger partial charge in [0.25, 0.3) is 0 Å². The van der Waals surface area contributed by atoms with Crippen LogP contribution in [0.4, 0.5) is 16.2 Å². The molecule has 4 saturated carbocycles. The largest absolute Gasteiger partial charge is 0.332 e. The maximum absolute atomic E-state index is 12.6. The number of hydrogen-bond acceptors (Lipinski definition) is 2. The highest BCUT2D eigenvalue weighted by Crippen LogP contribution is 2.55. The average molecular weight is 325 g/mol. The first-order chi connectivity index (χ1) is 11.6. The summed E-state index contributed by atoms with van der Waals surface area (Å²) in [5.41, 5.74) is 2.58. The Hall–Kier alpha value is -2.04. The summed E-state index contributed by atoms with van der Waals surface area (Å²) in [5, 5.41) is 9.10. The number of nitrogens with one attached hydrogen (secondary N) is 3. The minimum absolute atomic E-state index is 0.0140. The Labute approximate surface area is 141 Å². The maximum Gasteiger partial charge on any atom is 0.319 e. The van der Waals surface area contributed by atoms with Gasteiger partial charge in [0.15, 0.2) is 0 Å². The molecule has 1 aromatic carbocycles. The van der Waals surface area contributed by atoms with Gasteiger partial charge in [0, 0.05) is 16.9 Å². The van der Waals surface area contributed by atoms with Crippen LogP contribution < -0.4 is 16.0 Å². The predicted molar refractivity (Wildman–Crippen MR) is 91.8 cm³/mol.